The molecule has 2 nitrogen and oxygen atoms in total. The van der Waals surface area contributed by atoms with Crippen molar-refractivity contribution in [2.45, 2.75) is 19.9 Å². The summed E-state index contributed by atoms with van der Waals surface area (Å²) in [5.74, 6) is 0.926. The average molecular weight is 334 g/mol. The SMILES string of the molecule is CNC(c1ccc(OC)c(C)c1)c1cccc(Br)c1C. The number of methoxy groups -OCH3 is 1. The molecule has 0 bridgehead atoms. The van der Waals surface area contributed by atoms with Crippen molar-refractivity contribution >= 4 is 15.9 Å². The second-order valence-electron chi connectivity index (χ2n) is 4.90. The second-order valence-corrected chi connectivity index (χ2v) is 5.76. The van der Waals surface area contributed by atoms with Gasteiger partial charge in [0.2, 0.25) is 0 Å². The van der Waals surface area contributed by atoms with Gasteiger partial charge in [0.1, 0.15) is 5.75 Å². The molecule has 0 saturated carbocycles. The molecule has 0 amide bonds. The van der Waals surface area contributed by atoms with Gasteiger partial charge in [0, 0.05) is 4.47 Å². The van der Waals surface area contributed by atoms with Gasteiger partial charge in [-0.1, -0.05) is 40.2 Å². The van der Waals surface area contributed by atoms with E-state index < -0.39 is 0 Å². The van der Waals surface area contributed by atoms with Gasteiger partial charge in [-0.2, -0.15) is 0 Å². The third-order valence-corrected chi connectivity index (χ3v) is 4.52. The number of aryl methyl sites for hydroxylation is 1. The topological polar surface area (TPSA) is 21.3 Å². The van der Waals surface area contributed by atoms with Gasteiger partial charge in [0.25, 0.3) is 0 Å². The lowest BCUT2D eigenvalue weighted by molar-refractivity contribution is 0.411. The lowest BCUT2D eigenvalue weighted by Gasteiger charge is -2.21. The summed E-state index contributed by atoms with van der Waals surface area (Å²) >= 11 is 3.61. The largest absolute Gasteiger partial charge is 0.496 e. The zero-order valence-electron chi connectivity index (χ0n) is 12.3. The molecule has 2 aromatic rings. The van der Waals surface area contributed by atoms with Gasteiger partial charge in [0.15, 0.2) is 0 Å². The second kappa shape index (κ2) is 6.42. The van der Waals surface area contributed by atoms with Crippen LogP contribution in [-0.4, -0.2) is 14.2 Å². The molecule has 106 valence electrons. The predicted molar refractivity (Wildman–Crippen MR) is 87.5 cm³/mol. The highest BCUT2D eigenvalue weighted by Gasteiger charge is 2.16. The lowest BCUT2D eigenvalue weighted by Crippen LogP contribution is -2.19. The Morgan fingerprint density at radius 3 is 2.50 bits per heavy atom. The summed E-state index contributed by atoms with van der Waals surface area (Å²) in [6.45, 7) is 4.21. The Balaban J connectivity index is 2.47. The highest BCUT2D eigenvalue weighted by atomic mass is 79.9. The number of halogens is 1. The van der Waals surface area contributed by atoms with E-state index >= 15 is 0 Å². The molecule has 0 saturated heterocycles. The number of nitrogens with one attached hydrogen (secondary N) is 1. The molecule has 1 N–H and O–H groups in total. The van der Waals surface area contributed by atoms with Crippen LogP contribution in [0.5, 0.6) is 5.75 Å². The summed E-state index contributed by atoms with van der Waals surface area (Å²) in [5, 5.41) is 3.41. The van der Waals surface area contributed by atoms with E-state index in [0.717, 1.165) is 15.8 Å². The molecule has 20 heavy (non-hydrogen) atoms. The molecule has 1 atom stereocenters. The summed E-state index contributed by atoms with van der Waals surface area (Å²) < 4.78 is 6.47. The van der Waals surface area contributed by atoms with E-state index in [0.29, 0.717) is 0 Å². The van der Waals surface area contributed by atoms with Crippen LogP contribution in [0.1, 0.15) is 28.3 Å². The maximum Gasteiger partial charge on any atom is 0.121 e. The minimum atomic E-state index is 0.178. The number of rotatable bonds is 4. The third-order valence-electron chi connectivity index (χ3n) is 3.66. The van der Waals surface area contributed by atoms with Crippen LogP contribution in [0.25, 0.3) is 0 Å². The van der Waals surface area contributed by atoms with E-state index in [1.807, 2.05) is 13.1 Å². The van der Waals surface area contributed by atoms with Crippen molar-refractivity contribution in [1.29, 1.82) is 0 Å². The first kappa shape index (κ1) is 15.1. The zero-order valence-corrected chi connectivity index (χ0v) is 13.9. The summed E-state index contributed by atoms with van der Waals surface area (Å²) in [7, 11) is 3.70. The normalized spacial score (nSPS) is 12.2. The number of benzene rings is 2. The van der Waals surface area contributed by atoms with Gasteiger partial charge >= 0.3 is 0 Å². The summed E-state index contributed by atoms with van der Waals surface area (Å²) in [5.41, 5.74) is 4.94. The van der Waals surface area contributed by atoms with Crippen molar-refractivity contribution in [2.24, 2.45) is 0 Å². The molecular weight excluding hydrogens is 314 g/mol. The van der Waals surface area contributed by atoms with E-state index in [1.165, 1.54) is 16.7 Å². The van der Waals surface area contributed by atoms with Crippen LogP contribution in [0.3, 0.4) is 0 Å². The zero-order chi connectivity index (χ0) is 14.7. The molecule has 0 radical (unpaired) electrons. The van der Waals surface area contributed by atoms with Crippen molar-refractivity contribution in [3.63, 3.8) is 0 Å². The van der Waals surface area contributed by atoms with Crippen LogP contribution in [0.15, 0.2) is 40.9 Å². The molecule has 0 aliphatic heterocycles. The predicted octanol–water partition coefficient (Wildman–Crippen LogP) is 4.38. The number of hydrogen-bond donors (Lipinski definition) is 1. The lowest BCUT2D eigenvalue weighted by atomic mass is 9.94. The first-order valence-corrected chi connectivity index (χ1v) is 7.44. The smallest absolute Gasteiger partial charge is 0.121 e. The molecule has 0 heterocycles. The van der Waals surface area contributed by atoms with Crippen molar-refractivity contribution in [1.82, 2.24) is 5.32 Å². The standard InChI is InChI=1S/C17H20BrNO/c1-11-10-13(8-9-16(11)20-4)17(19-3)14-6-5-7-15(18)12(14)2/h5-10,17,19H,1-4H3. The molecule has 0 aliphatic rings. The van der Waals surface area contributed by atoms with Gasteiger partial charge in [-0.15, -0.1) is 0 Å². The van der Waals surface area contributed by atoms with Crippen molar-refractivity contribution in [3.05, 3.63) is 63.1 Å². The third kappa shape index (κ3) is 2.89. The molecule has 1 unspecified atom stereocenters. The van der Waals surface area contributed by atoms with Crippen LogP contribution in [0, 0.1) is 13.8 Å². The fourth-order valence-corrected chi connectivity index (χ4v) is 2.90. The first-order chi connectivity index (χ1) is 9.58. The Kier molecular flexibility index (Phi) is 4.84. The van der Waals surface area contributed by atoms with Crippen molar-refractivity contribution in [2.75, 3.05) is 14.2 Å². The van der Waals surface area contributed by atoms with Crippen LogP contribution in [0.2, 0.25) is 0 Å². The van der Waals surface area contributed by atoms with Crippen LogP contribution in [0.4, 0.5) is 0 Å². The monoisotopic (exact) mass is 333 g/mol. The molecule has 0 spiro atoms. The van der Waals surface area contributed by atoms with E-state index in [1.54, 1.807) is 7.11 Å². The van der Waals surface area contributed by atoms with Crippen molar-refractivity contribution in [3.8, 4) is 5.75 Å². The van der Waals surface area contributed by atoms with Crippen LogP contribution in [-0.2, 0) is 0 Å². The maximum atomic E-state index is 5.33. The molecule has 0 aromatic heterocycles. The van der Waals surface area contributed by atoms with E-state index in [4.69, 9.17) is 4.74 Å². The quantitative estimate of drug-likeness (QED) is 0.896. The molecule has 3 heteroatoms. The van der Waals surface area contributed by atoms with Gasteiger partial charge in [-0.25, -0.2) is 0 Å². The Morgan fingerprint density at radius 1 is 1.15 bits per heavy atom. The van der Waals surface area contributed by atoms with E-state index in [2.05, 4.69) is 65.4 Å². The van der Waals surface area contributed by atoms with Crippen LogP contribution < -0.4 is 10.1 Å². The highest BCUT2D eigenvalue weighted by molar-refractivity contribution is 9.10. The molecular formula is C17H20BrNO. The van der Waals surface area contributed by atoms with Gasteiger partial charge < -0.3 is 10.1 Å². The van der Waals surface area contributed by atoms with E-state index in [-0.39, 0.29) is 6.04 Å². The van der Waals surface area contributed by atoms with Crippen molar-refractivity contribution < 1.29 is 4.74 Å². The summed E-state index contributed by atoms with van der Waals surface area (Å²) in [6, 6.07) is 12.8. The Labute approximate surface area is 129 Å². The Morgan fingerprint density at radius 2 is 1.90 bits per heavy atom. The van der Waals surface area contributed by atoms with E-state index in [9.17, 15) is 0 Å². The molecule has 2 aromatic carbocycles. The fourth-order valence-electron chi connectivity index (χ4n) is 2.52. The fraction of sp³-hybridized carbons (Fsp3) is 0.294. The number of hydrogen-bond acceptors (Lipinski definition) is 2. The Bertz CT molecular complexity index is 610. The number of ether oxygens (including phenoxy) is 1. The summed E-state index contributed by atoms with van der Waals surface area (Å²) in [4.78, 5) is 0. The Hall–Kier alpha value is -1.32. The van der Waals surface area contributed by atoms with Crippen LogP contribution >= 0.6 is 15.9 Å². The minimum Gasteiger partial charge on any atom is -0.496 e. The summed E-state index contributed by atoms with van der Waals surface area (Å²) in [6.07, 6.45) is 0. The first-order valence-electron chi connectivity index (χ1n) is 6.65. The molecule has 2 rings (SSSR count). The molecule has 0 aliphatic carbocycles. The van der Waals surface area contributed by atoms with Gasteiger partial charge in [-0.3, -0.25) is 0 Å². The minimum absolute atomic E-state index is 0.178. The van der Waals surface area contributed by atoms with Gasteiger partial charge in [0.05, 0.1) is 13.2 Å². The average Bonchev–Trinajstić information content (AvgIpc) is 2.44. The maximum absolute atomic E-state index is 5.33. The van der Waals surface area contributed by atoms with Gasteiger partial charge in [-0.05, 0) is 55.3 Å². The highest BCUT2D eigenvalue weighted by Crippen LogP contribution is 2.30. The molecule has 0 fully saturated rings.